The Morgan fingerprint density at radius 2 is 1.81 bits per heavy atom. The summed E-state index contributed by atoms with van der Waals surface area (Å²) in [5, 5.41) is 0. The second-order valence-corrected chi connectivity index (χ2v) is 7.09. The summed E-state index contributed by atoms with van der Waals surface area (Å²) in [5.74, 6) is -0.390. The van der Waals surface area contributed by atoms with Gasteiger partial charge < -0.3 is 13.8 Å². The van der Waals surface area contributed by atoms with E-state index >= 15 is 0 Å². The highest BCUT2D eigenvalue weighted by Crippen LogP contribution is 2.47. The molecule has 0 aromatic heterocycles. The summed E-state index contributed by atoms with van der Waals surface area (Å²) in [6.45, 7) is 1.34. The Morgan fingerprint density at radius 1 is 1.19 bits per heavy atom. The smallest absolute Gasteiger partial charge is 0.333 e. The summed E-state index contributed by atoms with van der Waals surface area (Å²) >= 11 is 0. The molecule has 0 aliphatic rings. The molecule has 0 aliphatic heterocycles. The first-order valence-electron chi connectivity index (χ1n) is 6.91. The molecule has 1 rings (SSSR count). The van der Waals surface area contributed by atoms with E-state index in [1.165, 1.54) is 26.7 Å². The van der Waals surface area contributed by atoms with Crippen molar-refractivity contribution >= 4 is 13.6 Å². The fourth-order valence-corrected chi connectivity index (χ4v) is 3.28. The summed E-state index contributed by atoms with van der Waals surface area (Å²) in [5.41, 5.74) is 1.22. The second kappa shape index (κ2) is 8.98. The SMILES string of the molecule is COP(=O)(C[C@H](CCCc1ccccc1)OC(C)=O)OC. The highest BCUT2D eigenvalue weighted by molar-refractivity contribution is 7.53. The molecule has 0 unspecified atom stereocenters. The van der Waals surface area contributed by atoms with Crippen LogP contribution in [0.5, 0.6) is 0 Å². The van der Waals surface area contributed by atoms with Gasteiger partial charge in [-0.05, 0) is 24.8 Å². The summed E-state index contributed by atoms with van der Waals surface area (Å²) in [6, 6.07) is 10.1. The van der Waals surface area contributed by atoms with E-state index in [1.54, 1.807) is 0 Å². The van der Waals surface area contributed by atoms with E-state index in [-0.39, 0.29) is 6.16 Å². The molecule has 118 valence electrons. The summed E-state index contributed by atoms with van der Waals surface area (Å²) in [6.07, 6.45) is 1.94. The summed E-state index contributed by atoms with van der Waals surface area (Å²) in [4.78, 5) is 11.2. The van der Waals surface area contributed by atoms with Crippen molar-refractivity contribution in [1.29, 1.82) is 0 Å². The maximum atomic E-state index is 12.1. The first kappa shape index (κ1) is 17.9. The minimum absolute atomic E-state index is 0.0777. The minimum atomic E-state index is -3.18. The molecule has 6 heteroatoms. The van der Waals surface area contributed by atoms with Gasteiger partial charge in [0.25, 0.3) is 0 Å². The molecule has 0 saturated heterocycles. The van der Waals surface area contributed by atoms with Crippen LogP contribution in [0.15, 0.2) is 30.3 Å². The second-order valence-electron chi connectivity index (χ2n) is 4.77. The van der Waals surface area contributed by atoms with Crippen LogP contribution >= 0.6 is 7.60 Å². The van der Waals surface area contributed by atoms with Gasteiger partial charge in [-0.3, -0.25) is 9.36 Å². The molecule has 0 aliphatic carbocycles. The number of hydrogen-bond donors (Lipinski definition) is 0. The van der Waals surface area contributed by atoms with Crippen LogP contribution in [-0.4, -0.2) is 32.5 Å². The van der Waals surface area contributed by atoms with Crippen LogP contribution in [-0.2, 0) is 29.6 Å². The molecule has 0 heterocycles. The number of benzene rings is 1. The van der Waals surface area contributed by atoms with Crippen molar-refractivity contribution in [2.45, 2.75) is 32.3 Å². The topological polar surface area (TPSA) is 61.8 Å². The fourth-order valence-electron chi connectivity index (χ4n) is 2.07. The van der Waals surface area contributed by atoms with Crippen LogP contribution in [0.25, 0.3) is 0 Å². The molecular formula is C15H23O5P. The van der Waals surface area contributed by atoms with E-state index in [0.717, 1.165) is 12.8 Å². The van der Waals surface area contributed by atoms with Crippen molar-refractivity contribution in [2.75, 3.05) is 20.4 Å². The molecule has 0 N–H and O–H groups in total. The highest BCUT2D eigenvalue weighted by Gasteiger charge is 2.28. The Hall–Kier alpha value is -1.16. The van der Waals surface area contributed by atoms with Gasteiger partial charge in [0.1, 0.15) is 6.10 Å². The van der Waals surface area contributed by atoms with Gasteiger partial charge in [-0.2, -0.15) is 0 Å². The highest BCUT2D eigenvalue weighted by atomic mass is 31.2. The van der Waals surface area contributed by atoms with Gasteiger partial charge in [0.2, 0.25) is 0 Å². The Balaban J connectivity index is 2.54. The van der Waals surface area contributed by atoms with E-state index in [1.807, 2.05) is 18.2 Å². The fraction of sp³-hybridized carbons (Fsp3) is 0.533. The first-order valence-corrected chi connectivity index (χ1v) is 8.63. The van der Waals surface area contributed by atoms with Crippen LogP contribution < -0.4 is 0 Å². The van der Waals surface area contributed by atoms with Gasteiger partial charge in [-0.25, -0.2) is 0 Å². The molecule has 0 fully saturated rings. The molecule has 1 aromatic carbocycles. The quantitative estimate of drug-likeness (QED) is 0.516. The van der Waals surface area contributed by atoms with Crippen LogP contribution in [0, 0.1) is 0 Å². The third-order valence-electron chi connectivity index (χ3n) is 3.15. The van der Waals surface area contributed by atoms with E-state index in [9.17, 15) is 9.36 Å². The summed E-state index contributed by atoms with van der Waals surface area (Å²) in [7, 11) is -0.518. The number of hydrogen-bond acceptors (Lipinski definition) is 5. The van der Waals surface area contributed by atoms with Crippen LogP contribution in [0.2, 0.25) is 0 Å². The standard InChI is InChI=1S/C15H23O5P/c1-13(16)20-15(12-21(17,18-2)19-3)11-7-10-14-8-5-4-6-9-14/h4-6,8-9,15H,7,10-12H2,1-3H3/t15-/m0/s1. The maximum Gasteiger partial charge on any atom is 0.333 e. The van der Waals surface area contributed by atoms with Crippen molar-refractivity contribution in [2.24, 2.45) is 0 Å². The van der Waals surface area contributed by atoms with Crippen molar-refractivity contribution in [3.05, 3.63) is 35.9 Å². The van der Waals surface area contributed by atoms with Crippen LogP contribution in [0.3, 0.4) is 0 Å². The zero-order chi connectivity index (χ0) is 15.7. The third-order valence-corrected chi connectivity index (χ3v) is 5.12. The number of rotatable bonds is 9. The number of carbonyl (C=O) groups excluding carboxylic acids is 1. The van der Waals surface area contributed by atoms with Crippen molar-refractivity contribution in [1.82, 2.24) is 0 Å². The number of carbonyl (C=O) groups is 1. The van der Waals surface area contributed by atoms with Gasteiger partial charge in [0.05, 0.1) is 6.16 Å². The van der Waals surface area contributed by atoms with Gasteiger partial charge in [0, 0.05) is 21.1 Å². The normalized spacial score (nSPS) is 12.9. The van der Waals surface area contributed by atoms with Crippen molar-refractivity contribution in [3.63, 3.8) is 0 Å². The lowest BCUT2D eigenvalue weighted by molar-refractivity contribution is -0.145. The molecular weight excluding hydrogens is 291 g/mol. The van der Waals surface area contributed by atoms with E-state index < -0.39 is 19.7 Å². The lowest BCUT2D eigenvalue weighted by atomic mass is 10.1. The first-order chi connectivity index (χ1) is 9.99. The van der Waals surface area contributed by atoms with Crippen molar-refractivity contribution < 1.29 is 23.1 Å². The molecule has 0 saturated carbocycles. The number of aryl methyl sites for hydroxylation is 1. The molecule has 1 atom stereocenters. The van der Waals surface area contributed by atoms with E-state index in [2.05, 4.69) is 12.1 Å². The monoisotopic (exact) mass is 314 g/mol. The Kier molecular flexibility index (Phi) is 7.65. The molecule has 0 spiro atoms. The maximum absolute atomic E-state index is 12.1. The Morgan fingerprint density at radius 3 is 2.33 bits per heavy atom. The largest absolute Gasteiger partial charge is 0.462 e. The third kappa shape index (κ3) is 6.89. The number of ether oxygens (including phenoxy) is 1. The molecule has 0 bridgehead atoms. The average molecular weight is 314 g/mol. The Bertz CT molecular complexity index is 466. The zero-order valence-electron chi connectivity index (χ0n) is 12.8. The van der Waals surface area contributed by atoms with Gasteiger partial charge in [0.15, 0.2) is 0 Å². The van der Waals surface area contributed by atoms with Gasteiger partial charge in [-0.1, -0.05) is 30.3 Å². The average Bonchev–Trinajstić information content (AvgIpc) is 2.47. The minimum Gasteiger partial charge on any atom is -0.462 e. The van der Waals surface area contributed by atoms with Crippen LogP contribution in [0.4, 0.5) is 0 Å². The molecule has 1 aromatic rings. The van der Waals surface area contributed by atoms with E-state index in [0.29, 0.717) is 6.42 Å². The molecule has 5 nitrogen and oxygen atoms in total. The molecule has 0 radical (unpaired) electrons. The molecule has 0 amide bonds. The van der Waals surface area contributed by atoms with Gasteiger partial charge >= 0.3 is 13.6 Å². The molecule has 21 heavy (non-hydrogen) atoms. The predicted molar refractivity (Wildman–Crippen MR) is 81.4 cm³/mol. The van der Waals surface area contributed by atoms with Gasteiger partial charge in [-0.15, -0.1) is 0 Å². The van der Waals surface area contributed by atoms with Crippen LogP contribution in [0.1, 0.15) is 25.3 Å². The van der Waals surface area contributed by atoms with Crippen molar-refractivity contribution in [3.8, 4) is 0 Å². The Labute approximate surface area is 126 Å². The number of esters is 1. The van der Waals surface area contributed by atoms with E-state index in [4.69, 9.17) is 13.8 Å². The lowest BCUT2D eigenvalue weighted by Crippen LogP contribution is -2.21. The lowest BCUT2D eigenvalue weighted by Gasteiger charge is -2.21. The predicted octanol–water partition coefficient (Wildman–Crippen LogP) is 3.43. The zero-order valence-corrected chi connectivity index (χ0v) is 13.7. The summed E-state index contributed by atoms with van der Waals surface area (Å²) < 4.78 is 27.2.